The number of rotatable bonds is 7. The van der Waals surface area contributed by atoms with E-state index in [0.29, 0.717) is 11.3 Å². The maximum absolute atomic E-state index is 11.8. The Hall–Kier alpha value is -3.54. The van der Waals surface area contributed by atoms with E-state index in [-0.39, 0.29) is 22.3 Å². The Kier molecular flexibility index (Phi) is 20.2. The Labute approximate surface area is 262 Å². The zero-order valence-corrected chi connectivity index (χ0v) is 25.2. The van der Waals surface area contributed by atoms with Gasteiger partial charge >= 0.3 is 16.5 Å². The molecule has 2 heterocycles. The molecule has 0 aliphatic rings. The molecule has 0 bridgehead atoms. The molecule has 221 valence electrons. The third-order valence-corrected chi connectivity index (χ3v) is 4.71. The van der Waals surface area contributed by atoms with Gasteiger partial charge in [0, 0.05) is 30.1 Å². The second kappa shape index (κ2) is 22.1. The molecule has 0 N–H and O–H groups in total. The van der Waals surface area contributed by atoms with Gasteiger partial charge in [0.2, 0.25) is 5.78 Å². The van der Waals surface area contributed by atoms with Gasteiger partial charge in [0.25, 0.3) is 0 Å². The van der Waals surface area contributed by atoms with Crippen molar-refractivity contribution in [3.8, 4) is 0 Å². The standard InChI is InChI=1S/C16H19N3.C12H9NO.CNS.ClHO4.Ni/c1-19(2)13-12-18-16(14-8-4-3-5-9-14)15-10-6-7-11-17-15;14-12(10-6-2-1-3-7-10)11-8-4-5-9-13-11;2-1-3;2-1(3,4)5;/h3-11H,12-13H2,1-2H3;1-9H;;(H,2,3,4,5);/q;;-1;;+3/p-1. The minimum Gasteiger partial charge on any atom is -0.753 e. The van der Waals surface area contributed by atoms with Crippen LogP contribution >= 0.6 is 12.2 Å². The number of nitrogens with zero attached hydrogens (tertiary/aromatic N) is 5. The molecule has 4 rings (SSSR count). The van der Waals surface area contributed by atoms with Crippen molar-refractivity contribution in [3.05, 3.63) is 137 Å². The minimum absolute atomic E-state index is 0. The van der Waals surface area contributed by atoms with Crippen molar-refractivity contribution in [3.63, 3.8) is 0 Å². The van der Waals surface area contributed by atoms with Crippen LogP contribution in [0.2, 0.25) is 0 Å². The summed E-state index contributed by atoms with van der Waals surface area (Å²) in [4.78, 5) is 27.0. The number of thiocarbonyl (C=S) groups is 1. The fraction of sp³-hybridized carbons (Fsp3) is 0.138. The number of benzene rings is 2. The summed E-state index contributed by atoms with van der Waals surface area (Å²) < 4.78 is 34.0. The molecular formula is C29H28ClN5NiO5S+. The second-order valence-electron chi connectivity index (χ2n) is 7.99. The van der Waals surface area contributed by atoms with Crippen LogP contribution in [-0.2, 0) is 16.5 Å². The van der Waals surface area contributed by atoms with Gasteiger partial charge in [0.05, 0.1) is 18.0 Å². The van der Waals surface area contributed by atoms with Crippen LogP contribution in [0.3, 0.4) is 0 Å². The average molecular weight is 653 g/mol. The predicted octanol–water partition coefficient (Wildman–Crippen LogP) is 0.693. The second-order valence-corrected chi connectivity index (χ2v) is 8.93. The zero-order chi connectivity index (χ0) is 30.5. The largest absolute Gasteiger partial charge is 3.00 e. The van der Waals surface area contributed by atoms with Crippen LogP contribution in [0.1, 0.15) is 27.3 Å². The van der Waals surface area contributed by atoms with Crippen molar-refractivity contribution in [2.45, 2.75) is 0 Å². The Morgan fingerprint density at radius 1 is 0.810 bits per heavy atom. The summed E-state index contributed by atoms with van der Waals surface area (Å²) in [6, 6.07) is 30.6. The summed E-state index contributed by atoms with van der Waals surface area (Å²) >= 11 is 3.70. The topological polar surface area (TPSA) is 173 Å². The van der Waals surface area contributed by atoms with E-state index in [1.807, 2.05) is 60.7 Å². The van der Waals surface area contributed by atoms with Crippen LogP contribution in [0.4, 0.5) is 0 Å². The van der Waals surface area contributed by atoms with Crippen LogP contribution < -0.4 is 18.6 Å². The van der Waals surface area contributed by atoms with E-state index >= 15 is 0 Å². The fourth-order valence-corrected chi connectivity index (χ4v) is 3.02. The molecule has 10 nitrogen and oxygen atoms in total. The normalized spacial score (nSPS) is 10.2. The number of carbonyl (C=O) groups is 1. The molecule has 0 spiro atoms. The first-order valence-corrected chi connectivity index (χ1v) is 13.5. The van der Waals surface area contributed by atoms with Gasteiger partial charge in [0.1, 0.15) is 5.69 Å². The number of ketones is 1. The molecule has 4 aromatic rings. The molecule has 2 aromatic heterocycles. The summed E-state index contributed by atoms with van der Waals surface area (Å²) in [6.07, 6.45) is 3.43. The van der Waals surface area contributed by atoms with Gasteiger partial charge in [-0.15, -0.1) is 10.2 Å². The van der Waals surface area contributed by atoms with Gasteiger partial charge in [0.15, 0.2) is 0 Å². The molecule has 13 heteroatoms. The molecule has 0 fully saturated rings. The van der Waals surface area contributed by atoms with Crippen molar-refractivity contribution < 1.29 is 50.2 Å². The smallest absolute Gasteiger partial charge is 0.753 e. The van der Waals surface area contributed by atoms with Crippen molar-refractivity contribution >= 4 is 28.9 Å². The average Bonchev–Trinajstić information content (AvgIpc) is 2.97. The molecular weight excluding hydrogens is 625 g/mol. The van der Waals surface area contributed by atoms with Gasteiger partial charge in [-0.05, 0) is 38.4 Å². The van der Waals surface area contributed by atoms with Crippen LogP contribution in [0, 0.1) is 10.2 Å². The number of hydrogen-bond acceptors (Lipinski definition) is 10. The fourth-order valence-electron chi connectivity index (χ4n) is 3.02. The quantitative estimate of drug-likeness (QED) is 0.121. The summed E-state index contributed by atoms with van der Waals surface area (Å²) in [6.45, 7) is 1.71. The number of aromatic nitrogens is 2. The van der Waals surface area contributed by atoms with Crippen LogP contribution in [0.25, 0.3) is 5.41 Å². The van der Waals surface area contributed by atoms with E-state index in [0.717, 1.165) is 30.1 Å². The Morgan fingerprint density at radius 3 is 1.62 bits per heavy atom. The molecule has 0 saturated heterocycles. The number of hydrogen-bond donors (Lipinski definition) is 0. The summed E-state index contributed by atoms with van der Waals surface area (Å²) in [5.74, 6) is -0.0359. The number of aliphatic imine (C=N–C) groups is 1. The Bertz CT molecular complexity index is 1250. The van der Waals surface area contributed by atoms with E-state index in [1.165, 1.54) is 5.16 Å². The maximum atomic E-state index is 11.8. The first-order valence-electron chi connectivity index (χ1n) is 11.9. The van der Waals surface area contributed by atoms with Crippen LogP contribution in [0.15, 0.2) is 114 Å². The van der Waals surface area contributed by atoms with Crippen molar-refractivity contribution in [2.24, 2.45) is 4.99 Å². The van der Waals surface area contributed by atoms with Crippen molar-refractivity contribution in [1.82, 2.24) is 14.9 Å². The molecule has 0 atom stereocenters. The first kappa shape index (κ1) is 38.5. The minimum atomic E-state index is -4.94. The third kappa shape index (κ3) is 18.0. The van der Waals surface area contributed by atoms with Gasteiger partial charge < -0.3 is 10.3 Å². The number of halogens is 1. The van der Waals surface area contributed by atoms with Crippen molar-refractivity contribution in [2.75, 3.05) is 27.2 Å². The molecule has 2 aromatic carbocycles. The third-order valence-electron chi connectivity index (χ3n) is 4.71. The van der Waals surface area contributed by atoms with E-state index in [9.17, 15) is 4.79 Å². The molecule has 0 unspecified atom stereocenters. The van der Waals surface area contributed by atoms with Crippen molar-refractivity contribution in [1.29, 1.82) is 0 Å². The first-order chi connectivity index (χ1) is 19.6. The molecule has 42 heavy (non-hydrogen) atoms. The number of carbonyl (C=O) groups excluding carboxylic acids is 1. The van der Waals surface area contributed by atoms with Gasteiger partial charge in [-0.2, -0.15) is 5.16 Å². The molecule has 0 aliphatic carbocycles. The van der Waals surface area contributed by atoms with E-state index in [2.05, 4.69) is 53.3 Å². The number of likely N-dealkylation sites (N-methyl/N-ethyl adjacent to an activating group) is 1. The van der Waals surface area contributed by atoms with E-state index in [1.54, 1.807) is 36.7 Å². The van der Waals surface area contributed by atoms with Crippen LogP contribution in [-0.4, -0.2) is 58.7 Å². The van der Waals surface area contributed by atoms with E-state index < -0.39 is 10.2 Å². The van der Waals surface area contributed by atoms with Gasteiger partial charge in [-0.3, -0.25) is 19.8 Å². The monoisotopic (exact) mass is 651 g/mol. The number of isothiocyanates is 1. The molecule has 1 radical (unpaired) electrons. The summed E-state index contributed by atoms with van der Waals surface area (Å²) in [5, 5.41) is 8.47. The molecule has 0 aliphatic heterocycles. The zero-order valence-electron chi connectivity index (χ0n) is 22.7. The summed E-state index contributed by atoms with van der Waals surface area (Å²) in [7, 11) is -0.836. The van der Waals surface area contributed by atoms with Gasteiger partial charge in [-0.1, -0.05) is 85.0 Å². The van der Waals surface area contributed by atoms with Crippen LogP contribution in [0.5, 0.6) is 0 Å². The van der Waals surface area contributed by atoms with Gasteiger partial charge in [-0.25, -0.2) is 18.6 Å². The number of pyridine rings is 2. The van der Waals surface area contributed by atoms with E-state index in [4.69, 9.17) is 29.0 Å². The SMILES string of the molecule is CN(C)CCN=C(c1ccccc1)c1ccccn1.O=C(c1ccccc1)c1ccccn1.[N-]=C=S.[Ni+3].[O-][Cl+3]([O-])([O-])[O-]. The molecule has 0 saturated carbocycles. The Balaban J connectivity index is 0.000000642. The Morgan fingerprint density at radius 2 is 1.21 bits per heavy atom. The maximum Gasteiger partial charge on any atom is 3.00 e. The predicted molar refractivity (Wildman–Crippen MR) is 150 cm³/mol. The molecule has 0 amide bonds. The summed E-state index contributed by atoms with van der Waals surface area (Å²) in [5.41, 5.74) is 4.15.